The smallest absolute Gasteiger partial charge is 0.373 e. The quantitative estimate of drug-likeness (QED) is 0.443. The lowest BCUT2D eigenvalue weighted by molar-refractivity contribution is 0.0688. The van der Waals surface area contributed by atoms with Gasteiger partial charge < -0.3 is 13.3 Å². The molecule has 2 atom stereocenters. The van der Waals surface area contributed by atoms with E-state index in [0.29, 0.717) is 25.1 Å². The molecule has 0 aliphatic rings. The lowest BCUT2D eigenvalue weighted by Gasteiger charge is -2.42. The van der Waals surface area contributed by atoms with E-state index in [9.17, 15) is 0 Å². The van der Waals surface area contributed by atoms with Crippen LogP contribution in [-0.2, 0) is 13.3 Å². The maximum absolute atomic E-state index is 6.11. The van der Waals surface area contributed by atoms with Crippen LogP contribution in [0.4, 0.5) is 0 Å². The van der Waals surface area contributed by atoms with Crippen LogP contribution < -0.4 is 0 Å². The maximum atomic E-state index is 6.11. The maximum Gasteiger partial charge on any atom is 0.508 e. The zero-order chi connectivity index (χ0) is 15.1. The summed E-state index contributed by atoms with van der Waals surface area (Å²) in [5.41, 5.74) is 0. The Morgan fingerprint density at radius 3 is 1.42 bits per heavy atom. The molecule has 6 heteroatoms. The van der Waals surface area contributed by atoms with E-state index in [4.69, 9.17) is 13.3 Å². The van der Waals surface area contributed by atoms with Crippen molar-refractivity contribution < 1.29 is 13.3 Å². The molecule has 3 nitrogen and oxygen atoms in total. The van der Waals surface area contributed by atoms with Gasteiger partial charge in [0.2, 0.25) is 0 Å². The van der Waals surface area contributed by atoms with Gasteiger partial charge >= 0.3 is 8.80 Å². The van der Waals surface area contributed by atoms with Crippen molar-refractivity contribution in [1.82, 2.24) is 0 Å². The topological polar surface area (TPSA) is 27.7 Å². The zero-order valence-electron chi connectivity index (χ0n) is 14.1. The van der Waals surface area contributed by atoms with Crippen LogP contribution in [-0.4, -0.2) is 48.3 Å². The molecule has 0 aromatic carbocycles. The Hall–Kier alpha value is 0.744. The summed E-state index contributed by atoms with van der Waals surface area (Å²) < 4.78 is 18.3. The van der Waals surface area contributed by atoms with E-state index in [2.05, 4.69) is 33.2 Å². The predicted molar refractivity (Wildman–Crippen MR) is 90.9 cm³/mol. The highest BCUT2D eigenvalue weighted by molar-refractivity contribution is 7.95. The zero-order valence-corrected chi connectivity index (χ0v) is 17.0. The van der Waals surface area contributed by atoms with Gasteiger partial charge in [-0.15, -0.1) is 7.47 Å². The minimum atomic E-state index is -2.53. The van der Waals surface area contributed by atoms with Crippen LogP contribution in [0.25, 0.3) is 0 Å². The minimum absolute atomic E-state index is 0.0821. The van der Waals surface area contributed by atoms with Gasteiger partial charge in [-0.3, -0.25) is 0 Å². The van der Waals surface area contributed by atoms with Crippen LogP contribution in [0.2, 0.25) is 19.6 Å². The highest BCUT2D eigenvalue weighted by Crippen LogP contribution is 2.52. The molecule has 0 saturated heterocycles. The van der Waals surface area contributed by atoms with Crippen molar-refractivity contribution in [1.29, 1.82) is 0 Å². The molecule has 2 unspecified atom stereocenters. The van der Waals surface area contributed by atoms with Gasteiger partial charge in [0.25, 0.3) is 0 Å². The molecule has 0 fully saturated rings. The molecule has 0 aromatic heterocycles. The lowest BCUT2D eigenvalue weighted by Crippen LogP contribution is -2.57. The second-order valence-corrected chi connectivity index (χ2v) is 21.2. The first-order valence-corrected chi connectivity index (χ1v) is 15.4. The largest absolute Gasteiger partial charge is 0.508 e. The molecule has 0 heterocycles. The summed E-state index contributed by atoms with van der Waals surface area (Å²) in [5.74, 6) is 0. The van der Waals surface area contributed by atoms with Crippen molar-refractivity contribution in [2.45, 2.75) is 59.0 Å². The Balaban J connectivity index is 5.36. The van der Waals surface area contributed by atoms with E-state index < -0.39 is 16.5 Å². The monoisotopic (exact) mass is 324 g/mol. The molecule has 0 radical (unpaired) electrons. The minimum Gasteiger partial charge on any atom is -0.373 e. The first kappa shape index (κ1) is 19.7. The van der Waals surface area contributed by atoms with Crippen molar-refractivity contribution >= 4 is 24.0 Å². The van der Waals surface area contributed by atoms with Gasteiger partial charge in [0, 0.05) is 25.1 Å². The average Bonchev–Trinajstić information content (AvgIpc) is 2.29. The summed E-state index contributed by atoms with van der Waals surface area (Å²) in [6, 6.07) is 0. The summed E-state index contributed by atoms with van der Waals surface area (Å²) >= 11 is 0. The van der Waals surface area contributed by atoms with Gasteiger partial charge in [-0.2, -0.15) is 0 Å². The number of rotatable bonds is 10. The van der Waals surface area contributed by atoms with Crippen molar-refractivity contribution in [3.05, 3.63) is 0 Å². The van der Waals surface area contributed by atoms with Gasteiger partial charge in [0.05, 0.1) is 7.74 Å². The molecule has 0 aliphatic heterocycles. The SMILES string of the molecule is CCO[Si](OCC)(OCC)C(CC)P(C)[Si](C)(C)C. The molecule has 0 spiro atoms. The highest BCUT2D eigenvalue weighted by atomic mass is 31.4. The van der Waals surface area contributed by atoms with Crippen LogP contribution in [0, 0.1) is 0 Å². The molecular formula is C13H33O3PSi2. The molecule has 0 saturated carbocycles. The van der Waals surface area contributed by atoms with Gasteiger partial charge in [0.1, 0.15) is 0 Å². The van der Waals surface area contributed by atoms with Crippen LogP contribution >= 0.6 is 7.47 Å². The normalized spacial score (nSPS) is 16.4. The molecule has 0 aromatic rings. The molecule has 0 amide bonds. The summed E-state index contributed by atoms with van der Waals surface area (Å²) in [6.07, 6.45) is 1.10. The fourth-order valence-corrected chi connectivity index (χ4v) is 17.1. The van der Waals surface area contributed by atoms with Crippen molar-refractivity contribution in [3.63, 3.8) is 0 Å². The lowest BCUT2D eigenvalue weighted by atomic mass is 10.6. The first-order chi connectivity index (χ1) is 8.79. The third-order valence-corrected chi connectivity index (χ3v) is 20.2. The van der Waals surface area contributed by atoms with Crippen LogP contribution in [0.15, 0.2) is 0 Å². The van der Waals surface area contributed by atoms with E-state index in [-0.39, 0.29) is 7.47 Å². The second kappa shape index (κ2) is 8.90. The average molecular weight is 325 g/mol. The molecule has 19 heavy (non-hydrogen) atoms. The second-order valence-electron chi connectivity index (χ2n) is 5.61. The van der Waals surface area contributed by atoms with E-state index >= 15 is 0 Å². The summed E-state index contributed by atoms with van der Waals surface area (Å²) in [4.78, 5) is 0. The summed E-state index contributed by atoms with van der Waals surface area (Å²) in [5, 5.41) is 0.481. The third kappa shape index (κ3) is 5.56. The summed E-state index contributed by atoms with van der Waals surface area (Å²) in [6.45, 7) is 20.2. The van der Waals surface area contributed by atoms with E-state index in [0.717, 1.165) is 6.42 Å². The van der Waals surface area contributed by atoms with Crippen molar-refractivity contribution in [2.24, 2.45) is 0 Å². The van der Waals surface area contributed by atoms with Crippen LogP contribution in [0.3, 0.4) is 0 Å². The predicted octanol–water partition coefficient (Wildman–Crippen LogP) is 4.30. The Kier molecular flexibility index (Phi) is 9.25. The fourth-order valence-electron chi connectivity index (χ4n) is 2.25. The van der Waals surface area contributed by atoms with Crippen LogP contribution in [0.5, 0.6) is 0 Å². The van der Waals surface area contributed by atoms with E-state index in [1.54, 1.807) is 0 Å². The Morgan fingerprint density at radius 1 is 0.842 bits per heavy atom. The van der Waals surface area contributed by atoms with Crippen LogP contribution in [0.1, 0.15) is 34.1 Å². The molecular weight excluding hydrogens is 291 g/mol. The number of hydrogen-bond donors (Lipinski definition) is 0. The van der Waals surface area contributed by atoms with Crippen molar-refractivity contribution in [2.75, 3.05) is 26.5 Å². The Bertz CT molecular complexity index is 230. The standard InChI is InChI=1S/C13H33O3PSi2/c1-9-13(17(5)18(6,7)8)19(14-10-2,15-11-3)16-12-4/h13H,9-12H2,1-8H3. The summed E-state index contributed by atoms with van der Waals surface area (Å²) in [7, 11) is -3.80. The van der Waals surface area contributed by atoms with Gasteiger partial charge in [-0.25, -0.2) is 0 Å². The number of hydrogen-bond acceptors (Lipinski definition) is 3. The molecule has 0 aliphatic carbocycles. The molecule has 0 bridgehead atoms. The van der Waals surface area contributed by atoms with Gasteiger partial charge in [-0.1, -0.05) is 26.6 Å². The molecule has 0 N–H and O–H groups in total. The van der Waals surface area contributed by atoms with Gasteiger partial charge in [0.15, 0.2) is 0 Å². The van der Waals surface area contributed by atoms with Gasteiger partial charge in [-0.05, 0) is 33.9 Å². The van der Waals surface area contributed by atoms with E-state index in [1.807, 2.05) is 20.8 Å². The first-order valence-electron chi connectivity index (χ1n) is 7.43. The molecule has 116 valence electrons. The highest BCUT2D eigenvalue weighted by Gasteiger charge is 2.52. The van der Waals surface area contributed by atoms with E-state index in [1.165, 1.54) is 0 Å². The fraction of sp³-hybridized carbons (Fsp3) is 1.00. The molecule has 0 rings (SSSR count). The van der Waals surface area contributed by atoms with Crippen molar-refractivity contribution in [3.8, 4) is 0 Å². The third-order valence-electron chi connectivity index (χ3n) is 3.36. The Morgan fingerprint density at radius 2 is 1.21 bits per heavy atom. The Labute approximate surface area is 123 Å².